The Morgan fingerprint density at radius 3 is 3.17 bits per heavy atom. The molecule has 2 bridgehead atoms. The van der Waals surface area contributed by atoms with Gasteiger partial charge in [-0.2, -0.15) is 0 Å². The van der Waals surface area contributed by atoms with Crippen LogP contribution in [0.5, 0.6) is 0 Å². The summed E-state index contributed by atoms with van der Waals surface area (Å²) >= 11 is 0. The maximum Gasteiger partial charge on any atom is 0.162 e. The first kappa shape index (κ1) is 10.9. The third-order valence-electron chi connectivity index (χ3n) is 5.28. The molecule has 0 saturated heterocycles. The Morgan fingerprint density at radius 1 is 1.44 bits per heavy atom. The van der Waals surface area contributed by atoms with Gasteiger partial charge in [-0.1, -0.05) is 5.57 Å². The molecule has 18 heavy (non-hydrogen) atoms. The first-order valence-corrected chi connectivity index (χ1v) is 6.99. The average Bonchev–Trinajstić information content (AvgIpc) is 2.99. The Hall–Kier alpha value is -0.930. The van der Waals surface area contributed by atoms with Crippen LogP contribution in [0.4, 0.5) is 0 Å². The summed E-state index contributed by atoms with van der Waals surface area (Å²) in [4.78, 5) is 12.0. The van der Waals surface area contributed by atoms with E-state index in [1.54, 1.807) is 0 Å². The van der Waals surface area contributed by atoms with E-state index >= 15 is 0 Å². The number of allylic oxidation sites excluding steroid dienone is 1. The lowest BCUT2D eigenvalue weighted by Gasteiger charge is -2.33. The molecule has 1 saturated carbocycles. The quantitative estimate of drug-likeness (QED) is 0.719. The molecule has 0 radical (unpaired) electrons. The standard InChI is InChI=1S/C15H18O3/c16-8-11-7-13-14-9(3-4-12(14)17)6-10-2-1-5-15(10,11)18-13/h7,10,13,16H,1-6,8H2/t10?,13-,15-/m1/s1. The van der Waals surface area contributed by atoms with Crippen molar-refractivity contribution in [2.75, 3.05) is 6.61 Å². The molecule has 1 unspecified atom stereocenters. The van der Waals surface area contributed by atoms with E-state index in [1.165, 1.54) is 12.0 Å². The van der Waals surface area contributed by atoms with Gasteiger partial charge in [-0.15, -0.1) is 0 Å². The highest BCUT2D eigenvalue weighted by Gasteiger charge is 2.54. The zero-order valence-electron chi connectivity index (χ0n) is 10.4. The summed E-state index contributed by atoms with van der Waals surface area (Å²) in [6.07, 6.45) is 7.80. The summed E-state index contributed by atoms with van der Waals surface area (Å²) in [6.45, 7) is 0.0732. The van der Waals surface area contributed by atoms with Crippen LogP contribution < -0.4 is 0 Å². The van der Waals surface area contributed by atoms with Crippen LogP contribution in [0.3, 0.4) is 0 Å². The molecule has 1 N–H and O–H groups in total. The molecule has 96 valence electrons. The molecule has 0 aromatic rings. The van der Waals surface area contributed by atoms with Gasteiger partial charge in [0.15, 0.2) is 5.78 Å². The predicted molar refractivity (Wildman–Crippen MR) is 66.0 cm³/mol. The van der Waals surface area contributed by atoms with E-state index in [1.807, 2.05) is 6.08 Å². The molecule has 1 fully saturated rings. The maximum atomic E-state index is 12.0. The van der Waals surface area contributed by atoms with E-state index in [9.17, 15) is 9.90 Å². The highest BCUT2D eigenvalue weighted by atomic mass is 16.5. The molecular weight excluding hydrogens is 228 g/mol. The third kappa shape index (κ3) is 1.19. The van der Waals surface area contributed by atoms with Crippen LogP contribution in [0, 0.1) is 5.92 Å². The number of rotatable bonds is 1. The van der Waals surface area contributed by atoms with E-state index in [2.05, 4.69) is 0 Å². The molecule has 2 heterocycles. The molecule has 2 aliphatic carbocycles. The van der Waals surface area contributed by atoms with Gasteiger partial charge < -0.3 is 9.84 Å². The molecular formula is C15H18O3. The molecule has 1 spiro atoms. The fourth-order valence-corrected chi connectivity index (χ4v) is 4.48. The molecule has 0 aromatic carbocycles. The number of carbonyl (C=O) groups is 1. The summed E-state index contributed by atoms with van der Waals surface area (Å²) in [5.41, 5.74) is 3.05. The van der Waals surface area contributed by atoms with Crippen molar-refractivity contribution < 1.29 is 14.6 Å². The highest BCUT2D eigenvalue weighted by molar-refractivity contribution is 6.00. The van der Waals surface area contributed by atoms with Crippen molar-refractivity contribution in [3.05, 3.63) is 22.8 Å². The number of fused-ring (bicyclic) bond motifs is 2. The number of aliphatic hydroxyl groups excluding tert-OH is 1. The molecule has 4 rings (SSSR count). The van der Waals surface area contributed by atoms with Crippen molar-refractivity contribution in [3.63, 3.8) is 0 Å². The summed E-state index contributed by atoms with van der Waals surface area (Å²) in [5, 5.41) is 9.60. The molecule has 0 amide bonds. The smallest absolute Gasteiger partial charge is 0.162 e. The number of Topliss-reactive ketones (excluding diaryl/α,β-unsaturated/α-hetero) is 1. The SMILES string of the molecule is O=C1CCC2=C1[C@H]1C=C(CO)[C@]3(CCCC3C2)O1. The van der Waals surface area contributed by atoms with E-state index in [0.29, 0.717) is 12.3 Å². The van der Waals surface area contributed by atoms with Gasteiger partial charge in [0.25, 0.3) is 0 Å². The Morgan fingerprint density at radius 2 is 2.33 bits per heavy atom. The normalized spacial score (nSPS) is 41.8. The van der Waals surface area contributed by atoms with Gasteiger partial charge in [0.1, 0.15) is 6.10 Å². The van der Waals surface area contributed by atoms with Crippen molar-refractivity contribution in [3.8, 4) is 0 Å². The molecule has 3 nitrogen and oxygen atoms in total. The first-order chi connectivity index (χ1) is 8.74. The summed E-state index contributed by atoms with van der Waals surface area (Å²) in [7, 11) is 0. The Balaban J connectivity index is 1.85. The van der Waals surface area contributed by atoms with E-state index < -0.39 is 0 Å². The number of hydrogen-bond acceptors (Lipinski definition) is 3. The van der Waals surface area contributed by atoms with Crippen molar-refractivity contribution in [2.45, 2.75) is 50.2 Å². The minimum absolute atomic E-state index is 0.0732. The lowest BCUT2D eigenvalue weighted by atomic mass is 9.79. The van der Waals surface area contributed by atoms with Crippen molar-refractivity contribution in [2.24, 2.45) is 5.92 Å². The number of ether oxygens (including phenoxy) is 1. The van der Waals surface area contributed by atoms with Crippen LogP contribution >= 0.6 is 0 Å². The van der Waals surface area contributed by atoms with Crippen LogP contribution in [-0.4, -0.2) is 29.2 Å². The Bertz CT molecular complexity index is 488. The number of carbonyl (C=O) groups excluding carboxylic acids is 1. The largest absolute Gasteiger partial charge is 0.392 e. The monoisotopic (exact) mass is 246 g/mol. The Kier molecular flexibility index (Phi) is 2.16. The van der Waals surface area contributed by atoms with Crippen LogP contribution in [-0.2, 0) is 9.53 Å². The second kappa shape index (κ2) is 3.55. The van der Waals surface area contributed by atoms with E-state index in [0.717, 1.165) is 36.8 Å². The minimum Gasteiger partial charge on any atom is -0.392 e. The highest BCUT2D eigenvalue weighted by Crippen LogP contribution is 2.55. The van der Waals surface area contributed by atoms with Crippen LogP contribution in [0.25, 0.3) is 0 Å². The number of aliphatic hydroxyl groups is 1. The topological polar surface area (TPSA) is 46.5 Å². The fourth-order valence-electron chi connectivity index (χ4n) is 4.48. The maximum absolute atomic E-state index is 12.0. The minimum atomic E-state index is -0.246. The lowest BCUT2D eigenvalue weighted by Crippen LogP contribution is -2.37. The van der Waals surface area contributed by atoms with Crippen LogP contribution in [0.2, 0.25) is 0 Å². The van der Waals surface area contributed by atoms with Crippen molar-refractivity contribution in [1.82, 2.24) is 0 Å². The molecule has 3 atom stereocenters. The van der Waals surface area contributed by atoms with Gasteiger partial charge in [-0.3, -0.25) is 4.79 Å². The first-order valence-electron chi connectivity index (χ1n) is 6.99. The summed E-state index contributed by atoms with van der Waals surface area (Å²) in [5.74, 6) is 0.736. The van der Waals surface area contributed by atoms with Gasteiger partial charge in [0, 0.05) is 12.0 Å². The zero-order chi connectivity index (χ0) is 12.3. The number of hydrogen-bond donors (Lipinski definition) is 1. The van der Waals surface area contributed by atoms with Gasteiger partial charge in [0.2, 0.25) is 0 Å². The molecule has 3 heteroatoms. The molecule has 2 aliphatic heterocycles. The summed E-state index contributed by atoms with van der Waals surface area (Å²) in [6, 6.07) is 0. The fraction of sp³-hybridized carbons (Fsp3) is 0.667. The second-order valence-electron chi connectivity index (χ2n) is 6.01. The summed E-state index contributed by atoms with van der Waals surface area (Å²) < 4.78 is 6.29. The Labute approximate surface area is 107 Å². The van der Waals surface area contributed by atoms with Crippen molar-refractivity contribution in [1.29, 1.82) is 0 Å². The van der Waals surface area contributed by atoms with Crippen molar-refractivity contribution >= 4 is 5.78 Å². The van der Waals surface area contributed by atoms with E-state index in [-0.39, 0.29) is 24.1 Å². The predicted octanol–water partition coefficient (Wildman–Crippen LogP) is 1.91. The molecule has 4 aliphatic rings. The molecule has 0 aromatic heterocycles. The second-order valence-corrected chi connectivity index (χ2v) is 6.01. The van der Waals surface area contributed by atoms with Gasteiger partial charge in [0.05, 0.1) is 12.2 Å². The number of ketones is 1. The van der Waals surface area contributed by atoms with Gasteiger partial charge in [-0.25, -0.2) is 0 Å². The van der Waals surface area contributed by atoms with Gasteiger partial charge >= 0.3 is 0 Å². The average molecular weight is 246 g/mol. The van der Waals surface area contributed by atoms with Gasteiger partial charge in [-0.05, 0) is 49.7 Å². The lowest BCUT2D eigenvalue weighted by molar-refractivity contribution is -0.116. The third-order valence-corrected chi connectivity index (χ3v) is 5.28. The van der Waals surface area contributed by atoms with E-state index in [4.69, 9.17) is 4.74 Å². The van der Waals surface area contributed by atoms with Crippen LogP contribution in [0.1, 0.15) is 38.5 Å². The van der Waals surface area contributed by atoms with Crippen LogP contribution in [0.15, 0.2) is 22.8 Å². The zero-order valence-corrected chi connectivity index (χ0v) is 10.4.